The molecule has 0 bridgehead atoms. The molecule has 1 aromatic heterocycles. The summed E-state index contributed by atoms with van der Waals surface area (Å²) in [6.45, 7) is 2.88. The third-order valence-electron chi connectivity index (χ3n) is 3.58. The van der Waals surface area contributed by atoms with Gasteiger partial charge in [0.15, 0.2) is 5.76 Å². The second-order valence-electron chi connectivity index (χ2n) is 5.61. The van der Waals surface area contributed by atoms with Gasteiger partial charge in [0.05, 0.1) is 12.6 Å². The van der Waals surface area contributed by atoms with Gasteiger partial charge in [-0.05, 0) is 19.1 Å². The first kappa shape index (κ1) is 15.3. The Morgan fingerprint density at radius 1 is 1.04 bits per heavy atom. The Morgan fingerprint density at radius 2 is 1.70 bits per heavy atom. The predicted octanol–water partition coefficient (Wildman–Crippen LogP) is 3.73. The van der Waals surface area contributed by atoms with Crippen LogP contribution in [0.25, 0.3) is 11.3 Å². The van der Waals surface area contributed by atoms with E-state index >= 15 is 0 Å². The minimum absolute atomic E-state index is 0.424. The fourth-order valence-electron chi connectivity index (χ4n) is 2.54. The smallest absolute Gasteiger partial charge is 0.156 e. The minimum Gasteiger partial charge on any atom is -0.392 e. The quantitative estimate of drug-likeness (QED) is 0.754. The molecule has 0 saturated heterocycles. The Bertz CT molecular complexity index is 723. The first-order valence-corrected chi connectivity index (χ1v) is 7.71. The summed E-state index contributed by atoms with van der Waals surface area (Å²) >= 11 is 0. The molecular formula is C19H20N2O2. The van der Waals surface area contributed by atoms with Crippen LogP contribution in [-0.2, 0) is 6.54 Å². The number of aliphatic hydroxyl groups is 1. The summed E-state index contributed by atoms with van der Waals surface area (Å²) in [5.74, 6) is 0.772. The molecular weight excluding hydrogens is 288 g/mol. The van der Waals surface area contributed by atoms with Gasteiger partial charge in [0.1, 0.15) is 5.69 Å². The van der Waals surface area contributed by atoms with E-state index in [1.54, 1.807) is 6.92 Å². The summed E-state index contributed by atoms with van der Waals surface area (Å²) in [5.41, 5.74) is 2.90. The maximum Gasteiger partial charge on any atom is 0.156 e. The van der Waals surface area contributed by atoms with E-state index in [0.717, 1.165) is 22.7 Å². The van der Waals surface area contributed by atoms with Crippen LogP contribution < -0.4 is 4.90 Å². The van der Waals surface area contributed by atoms with E-state index in [9.17, 15) is 5.11 Å². The van der Waals surface area contributed by atoms with E-state index in [1.807, 2.05) is 66.7 Å². The summed E-state index contributed by atoms with van der Waals surface area (Å²) in [6, 6.07) is 21.9. The number of hydrogen-bond acceptors (Lipinski definition) is 4. The van der Waals surface area contributed by atoms with E-state index in [2.05, 4.69) is 10.1 Å². The van der Waals surface area contributed by atoms with E-state index in [0.29, 0.717) is 13.1 Å². The highest BCUT2D eigenvalue weighted by Gasteiger charge is 2.14. The maximum absolute atomic E-state index is 9.76. The SMILES string of the molecule is C[C@H](O)CN(Cc1cc(-c2ccccc2)no1)c1ccccc1. The summed E-state index contributed by atoms with van der Waals surface area (Å²) < 4.78 is 5.48. The van der Waals surface area contributed by atoms with Crippen LogP contribution in [0.5, 0.6) is 0 Å². The molecule has 0 unspecified atom stereocenters. The van der Waals surface area contributed by atoms with Gasteiger partial charge >= 0.3 is 0 Å². The lowest BCUT2D eigenvalue weighted by atomic mass is 10.1. The molecule has 1 N–H and O–H groups in total. The van der Waals surface area contributed by atoms with Gasteiger partial charge in [0.25, 0.3) is 0 Å². The molecule has 0 saturated carbocycles. The van der Waals surface area contributed by atoms with Gasteiger partial charge in [0, 0.05) is 23.9 Å². The van der Waals surface area contributed by atoms with Crippen LogP contribution in [0.4, 0.5) is 5.69 Å². The first-order chi connectivity index (χ1) is 11.2. The zero-order valence-corrected chi connectivity index (χ0v) is 13.1. The van der Waals surface area contributed by atoms with Crippen molar-refractivity contribution in [2.75, 3.05) is 11.4 Å². The van der Waals surface area contributed by atoms with Crippen molar-refractivity contribution in [1.82, 2.24) is 5.16 Å². The summed E-state index contributed by atoms with van der Waals surface area (Å²) in [6.07, 6.45) is -0.424. The Labute approximate surface area is 136 Å². The number of aliphatic hydroxyl groups excluding tert-OH is 1. The van der Waals surface area contributed by atoms with Crippen molar-refractivity contribution in [3.63, 3.8) is 0 Å². The van der Waals surface area contributed by atoms with Crippen LogP contribution in [0.15, 0.2) is 71.3 Å². The van der Waals surface area contributed by atoms with E-state index < -0.39 is 6.10 Å². The molecule has 0 aliphatic heterocycles. The molecule has 3 aromatic rings. The third kappa shape index (κ3) is 3.99. The largest absolute Gasteiger partial charge is 0.392 e. The van der Waals surface area contributed by atoms with Gasteiger partial charge < -0.3 is 14.5 Å². The minimum atomic E-state index is -0.424. The molecule has 0 aliphatic carbocycles. The van der Waals surface area contributed by atoms with Crippen molar-refractivity contribution < 1.29 is 9.63 Å². The van der Waals surface area contributed by atoms with Gasteiger partial charge in [-0.3, -0.25) is 0 Å². The van der Waals surface area contributed by atoms with Crippen LogP contribution >= 0.6 is 0 Å². The molecule has 1 atom stereocenters. The molecule has 23 heavy (non-hydrogen) atoms. The highest BCUT2D eigenvalue weighted by Crippen LogP contribution is 2.22. The van der Waals surface area contributed by atoms with Crippen molar-refractivity contribution in [2.45, 2.75) is 19.6 Å². The number of benzene rings is 2. The Morgan fingerprint density at radius 3 is 2.35 bits per heavy atom. The summed E-state index contributed by atoms with van der Waals surface area (Å²) in [5, 5.41) is 13.9. The van der Waals surface area contributed by atoms with Crippen molar-refractivity contribution in [3.8, 4) is 11.3 Å². The van der Waals surface area contributed by atoms with Crippen molar-refractivity contribution in [2.24, 2.45) is 0 Å². The highest BCUT2D eigenvalue weighted by molar-refractivity contribution is 5.58. The van der Waals surface area contributed by atoms with Crippen molar-refractivity contribution in [3.05, 3.63) is 72.5 Å². The summed E-state index contributed by atoms with van der Waals surface area (Å²) in [7, 11) is 0. The molecule has 0 aliphatic rings. The van der Waals surface area contributed by atoms with Crippen LogP contribution in [0.3, 0.4) is 0 Å². The Kier molecular flexibility index (Phi) is 4.74. The average molecular weight is 308 g/mol. The second kappa shape index (κ2) is 7.11. The standard InChI is InChI=1S/C19H20N2O2/c1-15(22)13-21(17-10-6-3-7-11-17)14-18-12-19(20-23-18)16-8-4-2-5-9-16/h2-12,15,22H,13-14H2,1H3/t15-/m0/s1. The fourth-order valence-corrected chi connectivity index (χ4v) is 2.54. The van der Waals surface area contributed by atoms with E-state index in [1.165, 1.54) is 0 Å². The fraction of sp³-hybridized carbons (Fsp3) is 0.211. The Balaban J connectivity index is 1.79. The molecule has 3 rings (SSSR count). The average Bonchev–Trinajstić information content (AvgIpc) is 3.04. The normalized spacial score (nSPS) is 12.1. The lowest BCUT2D eigenvalue weighted by molar-refractivity contribution is 0.198. The highest BCUT2D eigenvalue weighted by atomic mass is 16.5. The molecule has 1 heterocycles. The van der Waals surface area contributed by atoms with Crippen LogP contribution in [0, 0.1) is 0 Å². The summed E-state index contributed by atoms with van der Waals surface area (Å²) in [4.78, 5) is 2.08. The number of anilines is 1. The first-order valence-electron chi connectivity index (χ1n) is 7.71. The van der Waals surface area contributed by atoms with Gasteiger partial charge in [-0.1, -0.05) is 53.7 Å². The van der Waals surface area contributed by atoms with Gasteiger partial charge in [-0.25, -0.2) is 0 Å². The monoisotopic (exact) mass is 308 g/mol. The zero-order valence-electron chi connectivity index (χ0n) is 13.1. The predicted molar refractivity (Wildman–Crippen MR) is 91.1 cm³/mol. The third-order valence-corrected chi connectivity index (χ3v) is 3.58. The molecule has 0 radical (unpaired) electrons. The van der Waals surface area contributed by atoms with E-state index in [4.69, 9.17) is 4.52 Å². The van der Waals surface area contributed by atoms with Gasteiger partial charge in [-0.15, -0.1) is 0 Å². The molecule has 0 spiro atoms. The topological polar surface area (TPSA) is 49.5 Å². The maximum atomic E-state index is 9.76. The number of aromatic nitrogens is 1. The molecule has 0 fully saturated rings. The lowest BCUT2D eigenvalue weighted by Crippen LogP contribution is -2.30. The van der Waals surface area contributed by atoms with Crippen molar-refractivity contribution >= 4 is 5.69 Å². The lowest BCUT2D eigenvalue weighted by Gasteiger charge is -2.24. The number of hydrogen-bond donors (Lipinski definition) is 1. The van der Waals surface area contributed by atoms with Crippen LogP contribution in [0.1, 0.15) is 12.7 Å². The molecule has 0 amide bonds. The molecule has 4 nitrogen and oxygen atoms in total. The molecule has 2 aromatic carbocycles. The Hall–Kier alpha value is -2.59. The number of para-hydroxylation sites is 1. The number of rotatable bonds is 6. The van der Waals surface area contributed by atoms with E-state index in [-0.39, 0.29) is 0 Å². The van der Waals surface area contributed by atoms with Crippen molar-refractivity contribution in [1.29, 1.82) is 0 Å². The zero-order chi connectivity index (χ0) is 16.1. The van der Waals surface area contributed by atoms with Gasteiger partial charge in [0.2, 0.25) is 0 Å². The second-order valence-corrected chi connectivity index (χ2v) is 5.61. The number of nitrogens with zero attached hydrogens (tertiary/aromatic N) is 2. The van der Waals surface area contributed by atoms with Crippen LogP contribution in [0.2, 0.25) is 0 Å². The van der Waals surface area contributed by atoms with Crippen LogP contribution in [-0.4, -0.2) is 22.9 Å². The molecule has 4 heteroatoms. The van der Waals surface area contributed by atoms with Gasteiger partial charge in [-0.2, -0.15) is 0 Å². The molecule has 118 valence electrons.